The summed E-state index contributed by atoms with van der Waals surface area (Å²) in [6.45, 7) is 5.85. The maximum absolute atomic E-state index is 12.1. The Morgan fingerprint density at radius 1 is 1.08 bits per heavy atom. The van der Waals surface area contributed by atoms with Gasteiger partial charge in [0, 0.05) is 5.56 Å². The van der Waals surface area contributed by atoms with Gasteiger partial charge in [-0.2, -0.15) is 0 Å². The van der Waals surface area contributed by atoms with Gasteiger partial charge >= 0.3 is 5.97 Å². The minimum atomic E-state index is -0.970. The number of amides is 2. The maximum atomic E-state index is 12.1. The maximum Gasteiger partial charge on any atom is 0.305 e. The molecule has 0 saturated heterocycles. The fraction of sp³-hybridized carbons (Fsp3) is 0.500. The third-order valence-electron chi connectivity index (χ3n) is 4.08. The molecule has 0 aliphatic rings. The van der Waals surface area contributed by atoms with Crippen LogP contribution in [0.1, 0.15) is 50.4 Å². The molecule has 1 aromatic rings. The third-order valence-corrected chi connectivity index (χ3v) is 4.08. The molecule has 1 rings (SSSR count). The number of nitrogens with one attached hydrogen (secondary N) is 2. The van der Waals surface area contributed by atoms with Gasteiger partial charge in [-0.05, 0) is 44.0 Å². The first kappa shape index (κ1) is 20.5. The highest BCUT2D eigenvalue weighted by Gasteiger charge is 2.30. The van der Waals surface area contributed by atoms with E-state index < -0.39 is 17.4 Å². The summed E-state index contributed by atoms with van der Waals surface area (Å²) >= 11 is 0. The van der Waals surface area contributed by atoms with Crippen molar-refractivity contribution < 1.29 is 24.2 Å². The van der Waals surface area contributed by atoms with E-state index in [1.165, 1.54) is 0 Å². The third kappa shape index (κ3) is 6.45. The summed E-state index contributed by atoms with van der Waals surface area (Å²) in [5, 5.41) is 14.3. The summed E-state index contributed by atoms with van der Waals surface area (Å²) in [6, 6.07) is 6.60. The highest BCUT2D eigenvalue weighted by molar-refractivity contribution is 5.96. The minimum Gasteiger partial charge on any atom is -0.494 e. The van der Waals surface area contributed by atoms with Crippen LogP contribution < -0.4 is 15.4 Å². The van der Waals surface area contributed by atoms with Gasteiger partial charge in [-0.15, -0.1) is 0 Å². The van der Waals surface area contributed by atoms with Gasteiger partial charge in [0.25, 0.3) is 5.91 Å². The number of carbonyl (C=O) groups excluding carboxylic acids is 2. The molecule has 0 saturated carbocycles. The smallest absolute Gasteiger partial charge is 0.305 e. The van der Waals surface area contributed by atoms with Gasteiger partial charge in [-0.1, -0.05) is 13.8 Å². The van der Waals surface area contributed by atoms with Crippen LogP contribution in [0.25, 0.3) is 0 Å². The number of ether oxygens (including phenoxy) is 1. The molecule has 2 amide bonds. The van der Waals surface area contributed by atoms with E-state index in [-0.39, 0.29) is 18.9 Å². The van der Waals surface area contributed by atoms with E-state index in [4.69, 9.17) is 9.84 Å². The molecule has 0 heterocycles. The molecule has 0 radical (unpaired) electrons. The highest BCUT2D eigenvalue weighted by atomic mass is 16.5. The lowest BCUT2D eigenvalue weighted by Gasteiger charge is -2.31. The van der Waals surface area contributed by atoms with E-state index in [2.05, 4.69) is 10.6 Å². The first-order chi connectivity index (χ1) is 11.9. The minimum absolute atomic E-state index is 0.154. The molecule has 138 valence electrons. The lowest BCUT2D eigenvalue weighted by molar-refractivity contribution is -0.139. The van der Waals surface area contributed by atoms with Gasteiger partial charge in [0.1, 0.15) is 5.75 Å². The standard InChI is InChI=1S/C18H26N2O5/c1-4-18(5-2,11-16(22)23)20-15(21)12-19-17(24)13-7-9-14(10-8-13)25-6-3/h7-10H,4-6,11-12H2,1-3H3,(H,19,24)(H,20,21)(H,22,23). The molecule has 0 unspecified atom stereocenters. The van der Waals surface area contributed by atoms with Crippen molar-refractivity contribution in [2.24, 2.45) is 0 Å². The molecule has 0 aliphatic heterocycles. The van der Waals surface area contributed by atoms with Gasteiger partial charge in [-0.3, -0.25) is 14.4 Å². The van der Waals surface area contributed by atoms with Crippen LogP contribution in [0, 0.1) is 0 Å². The van der Waals surface area contributed by atoms with Crippen molar-refractivity contribution in [1.29, 1.82) is 0 Å². The predicted octanol–water partition coefficient (Wildman–Crippen LogP) is 1.96. The number of hydrogen-bond acceptors (Lipinski definition) is 4. The van der Waals surface area contributed by atoms with Crippen LogP contribution in [0.2, 0.25) is 0 Å². The monoisotopic (exact) mass is 350 g/mol. The average Bonchev–Trinajstić information content (AvgIpc) is 2.59. The molecule has 0 fully saturated rings. The van der Waals surface area contributed by atoms with Crippen LogP contribution in [0.5, 0.6) is 5.75 Å². The van der Waals surface area contributed by atoms with Crippen LogP contribution in [-0.4, -0.2) is 41.6 Å². The van der Waals surface area contributed by atoms with E-state index in [1.807, 2.05) is 20.8 Å². The Bertz CT molecular complexity index is 594. The fourth-order valence-corrected chi connectivity index (χ4v) is 2.48. The Labute approximate surface area is 147 Å². The zero-order valence-electron chi connectivity index (χ0n) is 14.9. The van der Waals surface area contributed by atoms with Crippen LogP contribution in [-0.2, 0) is 9.59 Å². The number of hydrogen-bond donors (Lipinski definition) is 3. The van der Waals surface area contributed by atoms with E-state index in [0.717, 1.165) is 0 Å². The largest absolute Gasteiger partial charge is 0.494 e. The van der Waals surface area contributed by atoms with E-state index in [1.54, 1.807) is 24.3 Å². The SMILES string of the molecule is CCOc1ccc(C(=O)NCC(=O)NC(CC)(CC)CC(=O)O)cc1. The highest BCUT2D eigenvalue weighted by Crippen LogP contribution is 2.19. The molecule has 0 bridgehead atoms. The van der Waals surface area contributed by atoms with Crippen molar-refractivity contribution in [3.8, 4) is 5.75 Å². The van der Waals surface area contributed by atoms with Crippen molar-refractivity contribution in [3.63, 3.8) is 0 Å². The summed E-state index contributed by atoms with van der Waals surface area (Å²) in [7, 11) is 0. The van der Waals surface area contributed by atoms with E-state index >= 15 is 0 Å². The van der Waals surface area contributed by atoms with Crippen molar-refractivity contribution in [1.82, 2.24) is 10.6 Å². The molecule has 0 atom stereocenters. The van der Waals surface area contributed by atoms with Gasteiger partial charge in [0.05, 0.1) is 25.1 Å². The average molecular weight is 350 g/mol. The second kappa shape index (κ2) is 9.66. The van der Waals surface area contributed by atoms with E-state index in [0.29, 0.717) is 30.8 Å². The Morgan fingerprint density at radius 3 is 2.16 bits per heavy atom. The van der Waals surface area contributed by atoms with Gasteiger partial charge in [-0.25, -0.2) is 0 Å². The first-order valence-corrected chi connectivity index (χ1v) is 8.39. The van der Waals surface area contributed by atoms with Crippen molar-refractivity contribution in [2.75, 3.05) is 13.2 Å². The van der Waals surface area contributed by atoms with Gasteiger partial charge < -0.3 is 20.5 Å². The zero-order chi connectivity index (χ0) is 18.9. The molecule has 0 spiro atoms. The number of carboxylic acid groups (broad SMARTS) is 1. The van der Waals surface area contributed by atoms with Crippen molar-refractivity contribution >= 4 is 17.8 Å². The predicted molar refractivity (Wildman–Crippen MR) is 93.7 cm³/mol. The number of benzene rings is 1. The summed E-state index contributed by atoms with van der Waals surface area (Å²) in [6.07, 6.45) is 0.835. The van der Waals surface area contributed by atoms with Crippen LogP contribution in [0.3, 0.4) is 0 Å². The quantitative estimate of drug-likeness (QED) is 0.598. The molecule has 3 N–H and O–H groups in total. The summed E-state index contributed by atoms with van der Waals surface area (Å²) in [5.41, 5.74) is -0.383. The lowest BCUT2D eigenvalue weighted by atomic mass is 9.89. The van der Waals surface area contributed by atoms with Crippen LogP contribution in [0.4, 0.5) is 0 Å². The summed E-state index contributed by atoms with van der Waals surface area (Å²) in [4.78, 5) is 35.2. The topological polar surface area (TPSA) is 105 Å². The Morgan fingerprint density at radius 2 is 1.68 bits per heavy atom. The summed E-state index contributed by atoms with van der Waals surface area (Å²) in [5.74, 6) is -1.09. The molecular formula is C18H26N2O5. The second-order valence-corrected chi connectivity index (χ2v) is 5.75. The Hall–Kier alpha value is -2.57. The van der Waals surface area contributed by atoms with Gasteiger partial charge in [0.2, 0.25) is 5.91 Å². The molecule has 7 heteroatoms. The number of carbonyl (C=O) groups is 3. The second-order valence-electron chi connectivity index (χ2n) is 5.75. The number of rotatable bonds is 10. The van der Waals surface area contributed by atoms with E-state index in [9.17, 15) is 14.4 Å². The molecule has 0 aliphatic carbocycles. The Kier molecular flexibility index (Phi) is 7.91. The van der Waals surface area contributed by atoms with Crippen LogP contribution >= 0.6 is 0 Å². The summed E-state index contributed by atoms with van der Waals surface area (Å²) < 4.78 is 5.31. The molecule has 25 heavy (non-hydrogen) atoms. The lowest BCUT2D eigenvalue weighted by Crippen LogP contribution is -2.52. The number of aliphatic carboxylic acids is 1. The van der Waals surface area contributed by atoms with Crippen molar-refractivity contribution in [2.45, 2.75) is 45.6 Å². The first-order valence-electron chi connectivity index (χ1n) is 8.39. The molecular weight excluding hydrogens is 324 g/mol. The molecule has 7 nitrogen and oxygen atoms in total. The van der Waals surface area contributed by atoms with Crippen molar-refractivity contribution in [3.05, 3.63) is 29.8 Å². The Balaban J connectivity index is 2.59. The molecule has 0 aromatic heterocycles. The van der Waals surface area contributed by atoms with Gasteiger partial charge in [0.15, 0.2) is 0 Å². The fourth-order valence-electron chi connectivity index (χ4n) is 2.48. The number of carboxylic acids is 1. The normalized spacial score (nSPS) is 10.8. The molecule has 1 aromatic carbocycles. The zero-order valence-corrected chi connectivity index (χ0v) is 14.9. The van der Waals surface area contributed by atoms with Crippen LogP contribution in [0.15, 0.2) is 24.3 Å².